The van der Waals surface area contributed by atoms with E-state index in [2.05, 4.69) is 4.90 Å². The Hall–Kier alpha value is -3.55. The van der Waals surface area contributed by atoms with Crippen LogP contribution in [-0.2, 0) is 12.4 Å². The fraction of sp³-hybridized carbons (Fsp3) is 0.500. The lowest BCUT2D eigenvalue weighted by atomic mass is 9.83. The van der Waals surface area contributed by atoms with Gasteiger partial charge in [-0.3, -0.25) is 9.80 Å². The molecule has 2 heterocycles. The molecule has 2 aliphatic rings. The highest BCUT2D eigenvalue weighted by Crippen LogP contribution is 2.39. The number of carboxylic acid groups (broad SMARTS) is 1. The number of urea groups is 1. The largest absolute Gasteiger partial charge is 0.465 e. The Kier molecular flexibility index (Phi) is 8.95. The number of likely N-dealkylation sites (tertiary alicyclic amines) is 2. The molecule has 2 aliphatic heterocycles. The zero-order valence-corrected chi connectivity index (χ0v) is 22.9. The third-order valence-corrected chi connectivity index (χ3v) is 8.20. The quantitative estimate of drug-likeness (QED) is 0.413. The number of carbonyl (C=O) groups is 2. The lowest BCUT2D eigenvalue weighted by Crippen LogP contribution is -2.56. The average molecular weight is 605 g/mol. The van der Waals surface area contributed by atoms with Crippen molar-refractivity contribution >= 4 is 17.8 Å². The molecule has 14 heteroatoms. The molecule has 0 radical (unpaired) electrons. The Morgan fingerprint density at radius 3 is 1.90 bits per heavy atom. The number of hydrogen-bond acceptors (Lipinski definition) is 3. The lowest BCUT2D eigenvalue weighted by Gasteiger charge is -2.47. The first-order chi connectivity index (χ1) is 19.6. The highest BCUT2D eigenvalue weighted by atomic mass is 19.4. The second-order valence-electron chi connectivity index (χ2n) is 10.7. The average Bonchev–Trinajstić information content (AvgIpc) is 2.95. The van der Waals surface area contributed by atoms with Crippen molar-refractivity contribution in [3.05, 3.63) is 65.0 Å². The molecule has 7 nitrogen and oxygen atoms in total. The van der Waals surface area contributed by atoms with Crippen molar-refractivity contribution < 1.29 is 45.4 Å². The van der Waals surface area contributed by atoms with E-state index in [-0.39, 0.29) is 18.0 Å². The van der Waals surface area contributed by atoms with Crippen LogP contribution in [-0.4, -0.2) is 84.3 Å². The van der Waals surface area contributed by atoms with Crippen LogP contribution in [0, 0.1) is 5.82 Å². The molecule has 0 saturated carbocycles. The molecule has 3 amide bonds. The van der Waals surface area contributed by atoms with Gasteiger partial charge < -0.3 is 14.9 Å². The Morgan fingerprint density at radius 1 is 0.857 bits per heavy atom. The van der Waals surface area contributed by atoms with Gasteiger partial charge in [0.15, 0.2) is 0 Å². The van der Waals surface area contributed by atoms with E-state index in [1.165, 1.54) is 29.0 Å². The zero-order valence-electron chi connectivity index (χ0n) is 22.9. The van der Waals surface area contributed by atoms with Crippen LogP contribution < -0.4 is 4.90 Å². The van der Waals surface area contributed by atoms with E-state index in [1.54, 1.807) is 12.1 Å². The van der Waals surface area contributed by atoms with Crippen LogP contribution in [0.1, 0.15) is 41.9 Å². The van der Waals surface area contributed by atoms with Gasteiger partial charge in [0.05, 0.1) is 11.1 Å². The molecule has 4 rings (SSSR count). The summed E-state index contributed by atoms with van der Waals surface area (Å²) >= 11 is 0. The van der Waals surface area contributed by atoms with Crippen molar-refractivity contribution in [3.8, 4) is 0 Å². The van der Waals surface area contributed by atoms with Gasteiger partial charge in [-0.15, -0.1) is 0 Å². The predicted molar refractivity (Wildman–Crippen MR) is 140 cm³/mol. The number of piperidine rings is 2. The van der Waals surface area contributed by atoms with Gasteiger partial charge in [0, 0.05) is 64.0 Å². The monoisotopic (exact) mass is 604 g/mol. The molecule has 1 N–H and O–H groups in total. The SMILES string of the molecule is CN(C(=O)N(C)[C@@H]1CCN(C2CCN(C(=O)O)CC2)C[C@H]1c1ccc(F)cc1)c1cc(C(F)(F)F)cc(C(F)(F)F)c1. The van der Waals surface area contributed by atoms with Crippen molar-refractivity contribution in [2.75, 3.05) is 45.2 Å². The van der Waals surface area contributed by atoms with Gasteiger partial charge in [-0.2, -0.15) is 26.3 Å². The van der Waals surface area contributed by atoms with Gasteiger partial charge >= 0.3 is 24.5 Å². The number of nitrogens with zero attached hydrogens (tertiary/aromatic N) is 4. The topological polar surface area (TPSA) is 67.3 Å². The zero-order chi connectivity index (χ0) is 31.0. The molecule has 2 aromatic carbocycles. The minimum absolute atomic E-state index is 0.00671. The smallest absolute Gasteiger partial charge is 0.416 e. The summed E-state index contributed by atoms with van der Waals surface area (Å²) in [4.78, 5) is 30.5. The molecule has 2 atom stereocenters. The van der Waals surface area contributed by atoms with Crippen molar-refractivity contribution in [2.24, 2.45) is 0 Å². The molecule has 0 aromatic heterocycles. The molecule has 0 bridgehead atoms. The van der Waals surface area contributed by atoms with Crippen molar-refractivity contribution in [1.82, 2.24) is 14.7 Å². The fourth-order valence-corrected chi connectivity index (χ4v) is 5.84. The first-order valence-corrected chi connectivity index (χ1v) is 13.3. The highest BCUT2D eigenvalue weighted by molar-refractivity contribution is 5.92. The minimum atomic E-state index is -5.06. The van der Waals surface area contributed by atoms with Crippen LogP contribution in [0.15, 0.2) is 42.5 Å². The Labute approximate surface area is 238 Å². The Balaban J connectivity index is 1.59. The lowest BCUT2D eigenvalue weighted by molar-refractivity contribution is -0.143. The predicted octanol–water partition coefficient (Wildman–Crippen LogP) is 6.35. The fourth-order valence-electron chi connectivity index (χ4n) is 5.84. The summed E-state index contributed by atoms with van der Waals surface area (Å²) in [6.45, 7) is 1.73. The molecule has 2 fully saturated rings. The van der Waals surface area contributed by atoms with E-state index in [1.807, 2.05) is 0 Å². The van der Waals surface area contributed by atoms with E-state index in [4.69, 9.17) is 0 Å². The van der Waals surface area contributed by atoms with E-state index >= 15 is 0 Å². The van der Waals surface area contributed by atoms with E-state index in [0.29, 0.717) is 57.6 Å². The number of benzene rings is 2. The van der Waals surface area contributed by atoms with Crippen LogP contribution in [0.25, 0.3) is 0 Å². The first kappa shape index (κ1) is 31.4. The third kappa shape index (κ3) is 6.90. The molecule has 230 valence electrons. The summed E-state index contributed by atoms with van der Waals surface area (Å²) in [5.74, 6) is -0.815. The molecule has 0 unspecified atom stereocenters. The summed E-state index contributed by atoms with van der Waals surface area (Å²) < 4.78 is 94.3. The summed E-state index contributed by atoms with van der Waals surface area (Å²) in [5.41, 5.74) is -2.90. The van der Waals surface area contributed by atoms with Gasteiger partial charge in [-0.05, 0) is 55.2 Å². The number of amides is 3. The number of alkyl halides is 6. The molecule has 2 aromatic rings. The van der Waals surface area contributed by atoms with Gasteiger partial charge in [0.25, 0.3) is 0 Å². The van der Waals surface area contributed by atoms with Gasteiger partial charge in [0.1, 0.15) is 5.82 Å². The van der Waals surface area contributed by atoms with Crippen molar-refractivity contribution in [2.45, 2.75) is 49.6 Å². The summed E-state index contributed by atoms with van der Waals surface area (Å²) in [7, 11) is 2.56. The number of halogens is 7. The number of anilines is 1. The van der Waals surface area contributed by atoms with Crippen molar-refractivity contribution in [1.29, 1.82) is 0 Å². The summed E-state index contributed by atoms with van der Waals surface area (Å²) in [5, 5.41) is 9.26. The number of rotatable bonds is 4. The second-order valence-corrected chi connectivity index (χ2v) is 10.7. The van der Waals surface area contributed by atoms with Gasteiger partial charge in [-0.1, -0.05) is 12.1 Å². The van der Waals surface area contributed by atoms with Gasteiger partial charge in [-0.25, -0.2) is 14.0 Å². The first-order valence-electron chi connectivity index (χ1n) is 13.3. The maximum Gasteiger partial charge on any atom is 0.416 e. The summed E-state index contributed by atoms with van der Waals surface area (Å²) in [6, 6.07) is 5.54. The summed E-state index contributed by atoms with van der Waals surface area (Å²) in [6.07, 6.45) is -9.46. The second kappa shape index (κ2) is 12.0. The maximum atomic E-state index is 13.7. The van der Waals surface area contributed by atoms with Gasteiger partial charge in [0.2, 0.25) is 0 Å². The van der Waals surface area contributed by atoms with Crippen LogP contribution in [0.4, 0.5) is 46.0 Å². The number of likely N-dealkylation sites (N-methyl/N-ethyl adjacent to an activating group) is 1. The van der Waals surface area contributed by atoms with Crippen LogP contribution >= 0.6 is 0 Å². The molecule has 0 spiro atoms. The van der Waals surface area contributed by atoms with Crippen LogP contribution in [0.3, 0.4) is 0 Å². The molecule has 0 aliphatic carbocycles. The number of carbonyl (C=O) groups excluding carboxylic acids is 1. The standard InChI is InChI=1S/C28H31F7N4O3/c1-36(22-14-18(27(30,31)32)13-19(15-22)28(33,34)35)25(40)37(2)24-9-12-39(21-7-10-38(11-8-21)26(41)42)16-23(24)17-3-5-20(29)6-4-17/h3-6,13-15,21,23-24H,7-12,16H2,1-2H3,(H,41,42)/t23-,24+/m0/s1. The highest BCUT2D eigenvalue weighted by Gasteiger charge is 2.41. The van der Waals surface area contributed by atoms with E-state index < -0.39 is 53.2 Å². The molecule has 42 heavy (non-hydrogen) atoms. The minimum Gasteiger partial charge on any atom is -0.465 e. The Morgan fingerprint density at radius 2 is 1.40 bits per heavy atom. The van der Waals surface area contributed by atoms with E-state index in [0.717, 1.165) is 17.5 Å². The van der Waals surface area contributed by atoms with Crippen molar-refractivity contribution in [3.63, 3.8) is 0 Å². The maximum absolute atomic E-state index is 13.7. The third-order valence-electron chi connectivity index (χ3n) is 8.20. The number of hydrogen-bond donors (Lipinski definition) is 1. The molecular weight excluding hydrogens is 573 g/mol. The molecular formula is C28H31F7N4O3. The van der Waals surface area contributed by atoms with Crippen LogP contribution in [0.5, 0.6) is 0 Å². The molecule has 2 saturated heterocycles. The van der Waals surface area contributed by atoms with E-state index in [9.17, 15) is 45.4 Å². The van der Waals surface area contributed by atoms with Crippen LogP contribution in [0.2, 0.25) is 0 Å². The Bertz CT molecular complexity index is 1250. The normalized spacial score (nSPS) is 20.8.